The van der Waals surface area contributed by atoms with Gasteiger partial charge >= 0.3 is 5.97 Å². The highest BCUT2D eigenvalue weighted by Crippen LogP contribution is 2.30. The largest absolute Gasteiger partial charge is 0.466 e. The number of anilines is 1. The molecule has 1 saturated heterocycles. The van der Waals surface area contributed by atoms with Crippen molar-refractivity contribution >= 4 is 23.4 Å². The van der Waals surface area contributed by atoms with Gasteiger partial charge in [-0.3, -0.25) is 15.0 Å². The Morgan fingerprint density at radius 3 is 2.68 bits per heavy atom. The predicted molar refractivity (Wildman–Crippen MR) is 94.5 cm³/mol. The molecule has 8 nitrogen and oxygen atoms in total. The smallest absolute Gasteiger partial charge is 0.330 e. The van der Waals surface area contributed by atoms with Gasteiger partial charge in [-0.1, -0.05) is 6.07 Å². The highest BCUT2D eigenvalue weighted by Gasteiger charge is 2.23. The molecule has 136 valence electrons. The number of hydrogen-bond acceptors (Lipinski definition) is 7. The SMILES string of the molecule is COC(=O)C=Cc1ccc(N2CCN(CCCO)CC2)c([N+](=O)[O-])c1. The number of piperazine rings is 1. The molecule has 1 N–H and O–H groups in total. The lowest BCUT2D eigenvalue weighted by atomic mass is 10.1. The Kier molecular flexibility index (Phi) is 6.91. The van der Waals surface area contributed by atoms with Gasteiger partial charge in [-0.15, -0.1) is 0 Å². The van der Waals surface area contributed by atoms with Gasteiger partial charge in [-0.25, -0.2) is 4.79 Å². The van der Waals surface area contributed by atoms with E-state index < -0.39 is 10.9 Å². The molecular weight excluding hydrogens is 326 g/mol. The third-order valence-electron chi connectivity index (χ3n) is 4.15. The van der Waals surface area contributed by atoms with Crippen LogP contribution in [0.3, 0.4) is 0 Å². The molecule has 0 unspecified atom stereocenters. The van der Waals surface area contributed by atoms with Crippen molar-refractivity contribution in [3.63, 3.8) is 0 Å². The number of benzene rings is 1. The van der Waals surface area contributed by atoms with E-state index in [2.05, 4.69) is 9.64 Å². The number of aliphatic hydroxyl groups excluding tert-OH is 1. The summed E-state index contributed by atoms with van der Waals surface area (Å²) in [6, 6.07) is 4.94. The van der Waals surface area contributed by atoms with Crippen molar-refractivity contribution < 1.29 is 19.6 Å². The number of hydrogen-bond donors (Lipinski definition) is 1. The standard InChI is InChI=1S/C17H23N3O5/c1-25-17(22)6-4-14-3-5-15(16(13-14)20(23)24)19-10-8-18(9-11-19)7-2-12-21/h3-6,13,21H,2,7-12H2,1H3. The van der Waals surface area contributed by atoms with E-state index >= 15 is 0 Å². The average Bonchev–Trinajstić information content (AvgIpc) is 2.64. The molecule has 0 aliphatic carbocycles. The highest BCUT2D eigenvalue weighted by molar-refractivity contribution is 5.87. The van der Waals surface area contributed by atoms with Crippen LogP contribution in [0.25, 0.3) is 6.08 Å². The van der Waals surface area contributed by atoms with Gasteiger partial charge in [-0.05, 0) is 24.1 Å². The molecule has 0 bridgehead atoms. The number of esters is 1. The van der Waals surface area contributed by atoms with Gasteiger partial charge in [0.15, 0.2) is 0 Å². The summed E-state index contributed by atoms with van der Waals surface area (Å²) in [5.74, 6) is -0.509. The summed E-state index contributed by atoms with van der Waals surface area (Å²) in [4.78, 5) is 26.4. The van der Waals surface area contributed by atoms with Crippen molar-refractivity contribution in [3.05, 3.63) is 40.0 Å². The van der Waals surface area contributed by atoms with E-state index in [1.54, 1.807) is 12.1 Å². The van der Waals surface area contributed by atoms with Gasteiger partial charge in [0, 0.05) is 51.5 Å². The second-order valence-electron chi connectivity index (χ2n) is 5.77. The second-order valence-corrected chi connectivity index (χ2v) is 5.77. The quantitative estimate of drug-likeness (QED) is 0.343. The predicted octanol–water partition coefficient (Wildman–Crippen LogP) is 1.29. The Morgan fingerprint density at radius 2 is 2.08 bits per heavy atom. The number of carbonyl (C=O) groups is 1. The Hall–Kier alpha value is -2.45. The van der Waals surface area contributed by atoms with Crippen LogP contribution in [0.4, 0.5) is 11.4 Å². The molecule has 1 aliphatic rings. The summed E-state index contributed by atoms with van der Waals surface area (Å²) in [5.41, 5.74) is 1.18. The maximum Gasteiger partial charge on any atom is 0.330 e. The highest BCUT2D eigenvalue weighted by atomic mass is 16.6. The monoisotopic (exact) mass is 349 g/mol. The van der Waals surface area contributed by atoms with Crippen LogP contribution < -0.4 is 4.90 Å². The molecule has 8 heteroatoms. The number of nitro benzene ring substituents is 1. The Labute approximate surface area is 146 Å². The van der Waals surface area contributed by atoms with E-state index in [4.69, 9.17) is 5.11 Å². The lowest BCUT2D eigenvalue weighted by Crippen LogP contribution is -2.46. The molecule has 0 radical (unpaired) electrons. The number of nitro groups is 1. The van der Waals surface area contributed by atoms with E-state index in [0.29, 0.717) is 24.3 Å². The summed E-state index contributed by atoms with van der Waals surface area (Å²) < 4.78 is 4.52. The lowest BCUT2D eigenvalue weighted by molar-refractivity contribution is -0.384. The van der Waals surface area contributed by atoms with Crippen LogP contribution in [-0.2, 0) is 9.53 Å². The van der Waals surface area contributed by atoms with E-state index in [1.807, 2.05) is 4.90 Å². The maximum atomic E-state index is 11.4. The Morgan fingerprint density at radius 1 is 1.36 bits per heavy atom. The normalized spacial score (nSPS) is 15.5. The molecule has 0 amide bonds. The first kappa shape index (κ1) is 18.9. The number of carbonyl (C=O) groups excluding carboxylic acids is 1. The summed E-state index contributed by atoms with van der Waals surface area (Å²) in [6.07, 6.45) is 3.47. The second kappa shape index (κ2) is 9.14. The first-order chi connectivity index (χ1) is 12.0. The van der Waals surface area contributed by atoms with E-state index in [-0.39, 0.29) is 12.3 Å². The molecular formula is C17H23N3O5. The third-order valence-corrected chi connectivity index (χ3v) is 4.15. The van der Waals surface area contributed by atoms with Gasteiger partial charge in [0.1, 0.15) is 5.69 Å². The van der Waals surface area contributed by atoms with Gasteiger partial charge < -0.3 is 14.7 Å². The molecule has 1 aromatic rings. The molecule has 25 heavy (non-hydrogen) atoms. The minimum absolute atomic E-state index is 0.0239. The fraction of sp³-hybridized carbons (Fsp3) is 0.471. The summed E-state index contributed by atoms with van der Waals surface area (Å²) in [5, 5.41) is 20.3. The lowest BCUT2D eigenvalue weighted by Gasteiger charge is -2.35. The molecule has 1 aliphatic heterocycles. The first-order valence-electron chi connectivity index (χ1n) is 8.17. The van der Waals surface area contributed by atoms with Crippen molar-refractivity contribution in [1.82, 2.24) is 4.90 Å². The van der Waals surface area contributed by atoms with Crippen LogP contribution in [0, 0.1) is 10.1 Å². The van der Waals surface area contributed by atoms with E-state index in [0.717, 1.165) is 26.1 Å². The molecule has 0 aromatic heterocycles. The number of aliphatic hydroxyl groups is 1. The summed E-state index contributed by atoms with van der Waals surface area (Å²) in [7, 11) is 1.28. The van der Waals surface area contributed by atoms with Crippen molar-refractivity contribution in [1.29, 1.82) is 0 Å². The van der Waals surface area contributed by atoms with Gasteiger partial charge in [-0.2, -0.15) is 0 Å². The summed E-state index contributed by atoms with van der Waals surface area (Å²) >= 11 is 0. The van der Waals surface area contributed by atoms with Gasteiger partial charge in [0.2, 0.25) is 0 Å². The van der Waals surface area contributed by atoms with Crippen LogP contribution in [0.1, 0.15) is 12.0 Å². The number of rotatable bonds is 7. The Balaban J connectivity index is 2.12. The number of nitrogens with zero attached hydrogens (tertiary/aromatic N) is 3. The fourth-order valence-corrected chi connectivity index (χ4v) is 2.80. The number of methoxy groups -OCH3 is 1. The third kappa shape index (κ3) is 5.27. The van der Waals surface area contributed by atoms with E-state index in [9.17, 15) is 14.9 Å². The molecule has 1 aromatic carbocycles. The van der Waals surface area contributed by atoms with Gasteiger partial charge in [0.25, 0.3) is 5.69 Å². The van der Waals surface area contributed by atoms with Crippen LogP contribution in [0.5, 0.6) is 0 Å². The molecule has 0 saturated carbocycles. The van der Waals surface area contributed by atoms with Crippen LogP contribution in [0.15, 0.2) is 24.3 Å². The zero-order valence-corrected chi connectivity index (χ0v) is 14.3. The Bertz CT molecular complexity index is 639. The molecule has 0 atom stereocenters. The van der Waals surface area contributed by atoms with Crippen molar-refractivity contribution in [2.45, 2.75) is 6.42 Å². The van der Waals surface area contributed by atoms with Crippen LogP contribution in [0.2, 0.25) is 0 Å². The van der Waals surface area contributed by atoms with Crippen molar-refractivity contribution in [2.24, 2.45) is 0 Å². The zero-order chi connectivity index (χ0) is 18.2. The van der Waals surface area contributed by atoms with Crippen LogP contribution in [-0.4, -0.2) is 67.3 Å². The molecule has 2 rings (SSSR count). The molecule has 1 heterocycles. The minimum Gasteiger partial charge on any atom is -0.466 e. The van der Waals surface area contributed by atoms with Gasteiger partial charge in [0.05, 0.1) is 12.0 Å². The average molecular weight is 349 g/mol. The topological polar surface area (TPSA) is 96.2 Å². The van der Waals surface area contributed by atoms with E-state index in [1.165, 1.54) is 25.3 Å². The molecule has 1 fully saturated rings. The summed E-state index contributed by atoms with van der Waals surface area (Å²) in [6.45, 7) is 4.02. The first-order valence-corrected chi connectivity index (χ1v) is 8.17. The van der Waals surface area contributed by atoms with Crippen LogP contribution >= 0.6 is 0 Å². The molecule has 0 spiro atoms. The fourth-order valence-electron chi connectivity index (χ4n) is 2.80. The zero-order valence-electron chi connectivity index (χ0n) is 14.3. The minimum atomic E-state index is -0.509. The van der Waals surface area contributed by atoms with Crippen molar-refractivity contribution in [2.75, 3.05) is 51.3 Å². The maximum absolute atomic E-state index is 11.4. The van der Waals surface area contributed by atoms with Crippen molar-refractivity contribution in [3.8, 4) is 0 Å². The number of ether oxygens (including phenoxy) is 1.